The molecule has 200 valence electrons. The summed E-state index contributed by atoms with van der Waals surface area (Å²) in [5, 5.41) is 13.2. The van der Waals surface area contributed by atoms with Gasteiger partial charge in [-0.15, -0.1) is 0 Å². The summed E-state index contributed by atoms with van der Waals surface area (Å²) in [4.78, 5) is -0.367. The van der Waals surface area contributed by atoms with Crippen molar-refractivity contribution in [2.45, 2.75) is 9.79 Å². The van der Waals surface area contributed by atoms with Gasteiger partial charge < -0.3 is 23.0 Å². The van der Waals surface area contributed by atoms with Crippen LogP contribution in [0.15, 0.2) is 99.9 Å². The molecule has 0 radical (unpaired) electrons. The van der Waals surface area contributed by atoms with E-state index in [9.17, 15) is 22.0 Å². The van der Waals surface area contributed by atoms with Crippen LogP contribution >= 0.6 is 0 Å². The van der Waals surface area contributed by atoms with Crippen LogP contribution in [0.25, 0.3) is 11.1 Å². The second-order valence-electron chi connectivity index (χ2n) is 8.29. The van der Waals surface area contributed by atoms with E-state index in [1.54, 1.807) is 24.3 Å². The minimum Gasteiger partial charge on any atom is -0.497 e. The molecule has 5 rings (SSSR count). The Morgan fingerprint density at radius 2 is 1.05 bits per heavy atom. The minimum atomic E-state index is -4.27. The molecule has 0 bridgehead atoms. The highest BCUT2D eigenvalue weighted by Gasteiger charge is 2.30. The molecule has 1 aliphatic rings. The number of rotatable bonds is 8. The van der Waals surface area contributed by atoms with E-state index in [2.05, 4.69) is 5.16 Å². The van der Waals surface area contributed by atoms with E-state index in [4.69, 9.17) is 17.8 Å². The quantitative estimate of drug-likeness (QED) is 0.164. The maximum atomic E-state index is 13.0. The molecule has 1 aliphatic carbocycles. The number of fused-ring (bicyclic) bond motifs is 3. The minimum absolute atomic E-state index is 0.0000668. The van der Waals surface area contributed by atoms with Crippen LogP contribution < -0.4 is 17.8 Å². The first-order chi connectivity index (χ1) is 18.6. The van der Waals surface area contributed by atoms with Gasteiger partial charge in [0.15, 0.2) is 0 Å². The number of oxime groups is 1. The third-order valence-electron chi connectivity index (χ3n) is 5.97. The van der Waals surface area contributed by atoms with Crippen molar-refractivity contribution in [2.24, 2.45) is 5.16 Å². The molecular weight excluding hydrogens is 546 g/mol. The fourth-order valence-corrected chi connectivity index (χ4v) is 6.01. The summed E-state index contributed by atoms with van der Waals surface area (Å²) in [6.45, 7) is 0. The third-order valence-corrected chi connectivity index (χ3v) is 8.46. The molecule has 10 nitrogen and oxygen atoms in total. The van der Waals surface area contributed by atoms with Crippen molar-refractivity contribution in [3.05, 3.63) is 96.1 Å². The number of methoxy groups -OCH3 is 2. The summed E-state index contributed by atoms with van der Waals surface area (Å²) in [6, 6.07) is 20.6. The molecule has 0 aliphatic heterocycles. The lowest BCUT2D eigenvalue weighted by Gasteiger charge is -2.09. The molecular formula is C27H21NO9S2. The van der Waals surface area contributed by atoms with E-state index in [0.29, 0.717) is 22.6 Å². The van der Waals surface area contributed by atoms with Gasteiger partial charge in [-0.25, -0.2) is 0 Å². The van der Waals surface area contributed by atoms with Gasteiger partial charge in [-0.2, -0.15) is 16.8 Å². The summed E-state index contributed by atoms with van der Waals surface area (Å²) >= 11 is 0. The largest absolute Gasteiger partial charge is 0.497 e. The first-order valence-electron chi connectivity index (χ1n) is 11.3. The predicted octanol–water partition coefficient (Wildman–Crippen LogP) is 4.45. The highest BCUT2D eigenvalue weighted by Crippen LogP contribution is 2.40. The average Bonchev–Trinajstić information content (AvgIpc) is 3.25. The molecule has 4 aromatic rings. The topological polar surface area (TPSA) is 138 Å². The van der Waals surface area contributed by atoms with Crippen LogP contribution in [-0.2, 0) is 20.2 Å². The van der Waals surface area contributed by atoms with Crippen molar-refractivity contribution in [1.29, 1.82) is 0 Å². The molecule has 0 aromatic heterocycles. The fourth-order valence-electron chi connectivity index (χ4n) is 4.11. The monoisotopic (exact) mass is 567 g/mol. The highest BCUT2D eigenvalue weighted by atomic mass is 32.2. The van der Waals surface area contributed by atoms with Gasteiger partial charge in [0.05, 0.1) is 14.2 Å². The average molecular weight is 568 g/mol. The van der Waals surface area contributed by atoms with E-state index in [-0.39, 0.29) is 38.1 Å². The Hall–Kier alpha value is -4.55. The molecule has 4 aromatic carbocycles. The Balaban J connectivity index is 1.46. The van der Waals surface area contributed by atoms with Gasteiger partial charge in [0.1, 0.15) is 38.5 Å². The molecule has 0 unspecified atom stereocenters. The molecule has 0 atom stereocenters. The van der Waals surface area contributed by atoms with Crippen LogP contribution in [0.5, 0.6) is 23.0 Å². The van der Waals surface area contributed by atoms with Gasteiger partial charge in [-0.1, -0.05) is 23.4 Å². The lowest BCUT2D eigenvalue weighted by atomic mass is 10.1. The smallest absolute Gasteiger partial charge is 0.339 e. The third kappa shape index (κ3) is 4.99. The Kier molecular flexibility index (Phi) is 6.66. The van der Waals surface area contributed by atoms with Gasteiger partial charge in [0.2, 0.25) is 0 Å². The molecule has 0 fully saturated rings. The van der Waals surface area contributed by atoms with E-state index < -0.39 is 20.2 Å². The second kappa shape index (κ2) is 9.97. The lowest BCUT2D eigenvalue weighted by Crippen LogP contribution is -2.11. The lowest BCUT2D eigenvalue weighted by molar-refractivity contribution is 0.320. The predicted molar refractivity (Wildman–Crippen MR) is 141 cm³/mol. The van der Waals surface area contributed by atoms with Crippen LogP contribution in [0, 0.1) is 0 Å². The van der Waals surface area contributed by atoms with Gasteiger partial charge in [-0.3, -0.25) is 0 Å². The SMILES string of the molecule is COc1ccc(OS(=O)(=O)c2ccc3c(c2)/C(=N/O)c2cc(S(=O)(=O)Oc4cccc(OC)c4)ccc2-3)cc1. The van der Waals surface area contributed by atoms with Crippen molar-refractivity contribution in [1.82, 2.24) is 0 Å². The van der Waals surface area contributed by atoms with Gasteiger partial charge >= 0.3 is 20.2 Å². The Labute approximate surface area is 224 Å². The normalized spacial score (nSPS) is 13.4. The number of hydrogen-bond acceptors (Lipinski definition) is 10. The molecule has 0 amide bonds. The van der Waals surface area contributed by atoms with Gasteiger partial charge in [0, 0.05) is 17.2 Å². The van der Waals surface area contributed by atoms with Gasteiger partial charge in [0.25, 0.3) is 0 Å². The number of ether oxygens (including phenoxy) is 2. The van der Waals surface area contributed by atoms with Crippen molar-refractivity contribution in [3.8, 4) is 34.1 Å². The zero-order chi connectivity index (χ0) is 27.8. The van der Waals surface area contributed by atoms with Crippen molar-refractivity contribution >= 4 is 25.9 Å². The molecule has 1 N–H and O–H groups in total. The zero-order valence-corrected chi connectivity index (χ0v) is 22.2. The highest BCUT2D eigenvalue weighted by molar-refractivity contribution is 7.87. The first kappa shape index (κ1) is 26.1. The van der Waals surface area contributed by atoms with Crippen molar-refractivity contribution in [2.75, 3.05) is 14.2 Å². The summed E-state index contributed by atoms with van der Waals surface area (Å²) in [5.74, 6) is 1.10. The van der Waals surface area contributed by atoms with Crippen LogP contribution in [0.3, 0.4) is 0 Å². The summed E-state index contributed by atoms with van der Waals surface area (Å²) in [5.41, 5.74) is 1.68. The summed E-state index contributed by atoms with van der Waals surface area (Å²) in [7, 11) is -5.58. The molecule has 0 saturated heterocycles. The number of benzene rings is 4. The maximum Gasteiger partial charge on any atom is 0.339 e. The maximum absolute atomic E-state index is 13.0. The number of nitrogens with zero attached hydrogens (tertiary/aromatic N) is 1. The van der Waals surface area contributed by atoms with E-state index >= 15 is 0 Å². The first-order valence-corrected chi connectivity index (χ1v) is 14.2. The standard InChI is InChI=1S/C27H21NO9S2/c1-34-17-6-8-18(9-7-17)36-38(30,31)21-10-12-23-24-13-11-22(16-26(24)27(28-29)25(23)15-21)39(32,33)37-20-5-3-4-19(14-20)35-2/h3-16,29H,1-2H3/b28-27-. The van der Waals surface area contributed by atoms with Crippen LogP contribution in [0.2, 0.25) is 0 Å². The van der Waals surface area contributed by atoms with E-state index in [1.165, 1.54) is 74.9 Å². The van der Waals surface area contributed by atoms with Crippen LogP contribution in [-0.4, -0.2) is 42.0 Å². The van der Waals surface area contributed by atoms with Crippen molar-refractivity contribution < 1.29 is 39.9 Å². The molecule has 12 heteroatoms. The Morgan fingerprint density at radius 3 is 1.56 bits per heavy atom. The zero-order valence-electron chi connectivity index (χ0n) is 20.6. The van der Waals surface area contributed by atoms with Crippen LogP contribution in [0.4, 0.5) is 0 Å². The summed E-state index contributed by atoms with van der Waals surface area (Å²) in [6.07, 6.45) is 0. The summed E-state index contributed by atoms with van der Waals surface area (Å²) < 4.78 is 72.6. The van der Waals surface area contributed by atoms with E-state index in [1.807, 2.05) is 0 Å². The van der Waals surface area contributed by atoms with Crippen LogP contribution in [0.1, 0.15) is 11.1 Å². The molecule has 0 saturated carbocycles. The second-order valence-corrected chi connectivity index (χ2v) is 11.4. The Bertz CT molecular complexity index is 1810. The van der Waals surface area contributed by atoms with Crippen molar-refractivity contribution in [3.63, 3.8) is 0 Å². The fraction of sp³-hybridized carbons (Fsp3) is 0.0741. The Morgan fingerprint density at radius 1 is 0.564 bits per heavy atom. The van der Waals surface area contributed by atoms with Gasteiger partial charge in [-0.05, 0) is 71.8 Å². The molecule has 0 spiro atoms. The number of hydrogen-bond donors (Lipinski definition) is 1. The molecule has 39 heavy (non-hydrogen) atoms. The molecule has 0 heterocycles. The van der Waals surface area contributed by atoms with E-state index in [0.717, 1.165) is 0 Å².